The summed E-state index contributed by atoms with van der Waals surface area (Å²) >= 11 is 6.37. The van der Waals surface area contributed by atoms with Gasteiger partial charge in [0.1, 0.15) is 11.6 Å². The summed E-state index contributed by atoms with van der Waals surface area (Å²) in [6, 6.07) is 6.28. The number of benzene rings is 2. The Labute approximate surface area is 149 Å². The van der Waals surface area contributed by atoms with Crippen LogP contribution in [0.25, 0.3) is 0 Å². The summed E-state index contributed by atoms with van der Waals surface area (Å²) in [5, 5.41) is 11.0. The molecule has 3 nitrogen and oxygen atoms in total. The summed E-state index contributed by atoms with van der Waals surface area (Å²) in [6.07, 6.45) is 1.57. The van der Waals surface area contributed by atoms with Crippen molar-refractivity contribution >= 4 is 44.4 Å². The first-order valence-electron chi connectivity index (χ1n) is 6.34. The molecule has 0 bridgehead atoms. The number of oxime groups is 1. The number of nitrogens with zero attached hydrogens (tertiary/aromatic N) is 1. The maximum absolute atomic E-state index is 13.1. The van der Waals surface area contributed by atoms with Crippen LogP contribution in [-0.4, -0.2) is 17.7 Å². The Hall–Kier alpha value is -1.60. The number of carbonyl (C=O) groups excluding carboxylic acids is 1. The van der Waals surface area contributed by atoms with E-state index in [1.54, 1.807) is 32.0 Å². The molecule has 7 heteroatoms. The SMILES string of the molecule is Cc1cc(Br)cc(/C=N/O)c1F.Cc1cc(Br)cc(C=O)c1F. The van der Waals surface area contributed by atoms with E-state index in [1.165, 1.54) is 6.07 Å². The molecule has 0 radical (unpaired) electrons. The van der Waals surface area contributed by atoms with Crippen LogP contribution in [0.4, 0.5) is 8.78 Å². The molecule has 0 unspecified atom stereocenters. The number of halogens is 4. The third kappa shape index (κ3) is 5.51. The molecule has 1 N–H and O–H groups in total. The van der Waals surface area contributed by atoms with E-state index in [9.17, 15) is 13.6 Å². The number of hydrogen-bond acceptors (Lipinski definition) is 3. The van der Waals surface area contributed by atoms with Gasteiger partial charge in [-0.15, -0.1) is 0 Å². The monoisotopic (exact) mass is 447 g/mol. The van der Waals surface area contributed by atoms with Crippen LogP contribution in [0.2, 0.25) is 0 Å². The van der Waals surface area contributed by atoms with Gasteiger partial charge in [-0.25, -0.2) is 8.78 Å². The highest BCUT2D eigenvalue weighted by Gasteiger charge is 2.05. The number of hydrogen-bond donors (Lipinski definition) is 1. The molecule has 2 aromatic rings. The number of carbonyl (C=O) groups is 1. The van der Waals surface area contributed by atoms with Crippen molar-refractivity contribution in [2.75, 3.05) is 0 Å². The minimum absolute atomic E-state index is 0.0943. The first-order chi connectivity index (χ1) is 10.8. The molecule has 23 heavy (non-hydrogen) atoms. The van der Waals surface area contributed by atoms with Crippen molar-refractivity contribution < 1.29 is 18.8 Å². The van der Waals surface area contributed by atoms with E-state index < -0.39 is 5.82 Å². The van der Waals surface area contributed by atoms with Crippen LogP contribution in [0, 0.1) is 25.5 Å². The van der Waals surface area contributed by atoms with Crippen molar-refractivity contribution in [3.05, 3.63) is 67.1 Å². The largest absolute Gasteiger partial charge is 0.411 e. The Morgan fingerprint density at radius 3 is 1.83 bits per heavy atom. The van der Waals surface area contributed by atoms with Crippen LogP contribution in [0.3, 0.4) is 0 Å². The average Bonchev–Trinajstić information content (AvgIpc) is 2.49. The van der Waals surface area contributed by atoms with Gasteiger partial charge in [-0.3, -0.25) is 4.79 Å². The van der Waals surface area contributed by atoms with Gasteiger partial charge in [-0.2, -0.15) is 0 Å². The number of aldehydes is 1. The zero-order valence-electron chi connectivity index (χ0n) is 12.3. The van der Waals surface area contributed by atoms with Crippen LogP contribution in [0.5, 0.6) is 0 Å². The lowest BCUT2D eigenvalue weighted by Crippen LogP contribution is -1.92. The predicted octanol–water partition coefficient (Wildman–Crippen LogP) is 5.41. The van der Waals surface area contributed by atoms with E-state index in [-0.39, 0.29) is 16.9 Å². The van der Waals surface area contributed by atoms with E-state index in [4.69, 9.17) is 5.21 Å². The van der Waals surface area contributed by atoms with Crippen molar-refractivity contribution in [2.45, 2.75) is 13.8 Å². The molecule has 122 valence electrons. The maximum atomic E-state index is 13.1. The van der Waals surface area contributed by atoms with Gasteiger partial charge in [0.25, 0.3) is 0 Å². The lowest BCUT2D eigenvalue weighted by molar-refractivity contribution is 0.111. The summed E-state index contributed by atoms with van der Waals surface area (Å²) < 4.78 is 27.6. The van der Waals surface area contributed by atoms with Gasteiger partial charge in [-0.05, 0) is 49.2 Å². The summed E-state index contributed by atoms with van der Waals surface area (Å²) in [5.74, 6) is -0.806. The molecule has 2 rings (SSSR count). The zero-order valence-corrected chi connectivity index (χ0v) is 15.5. The quantitative estimate of drug-likeness (QED) is 0.289. The van der Waals surface area contributed by atoms with E-state index in [2.05, 4.69) is 37.0 Å². The van der Waals surface area contributed by atoms with Gasteiger partial charge in [0.05, 0.1) is 11.8 Å². The van der Waals surface area contributed by atoms with Crippen LogP contribution >= 0.6 is 31.9 Å². The van der Waals surface area contributed by atoms with Crippen LogP contribution in [0.15, 0.2) is 38.4 Å². The fraction of sp³-hybridized carbons (Fsp3) is 0.125. The fourth-order valence-corrected chi connectivity index (χ4v) is 2.92. The van der Waals surface area contributed by atoms with E-state index in [1.807, 2.05) is 0 Å². The van der Waals surface area contributed by atoms with E-state index in [0.717, 1.165) is 15.2 Å². The highest BCUT2D eigenvalue weighted by molar-refractivity contribution is 9.10. The molecule has 0 aromatic heterocycles. The Bertz CT molecular complexity index is 749. The first kappa shape index (κ1) is 19.4. The second kappa shape index (κ2) is 8.88. The van der Waals surface area contributed by atoms with Crippen molar-refractivity contribution in [3.8, 4) is 0 Å². The maximum Gasteiger partial charge on any atom is 0.153 e. The Kier molecular flexibility index (Phi) is 7.51. The lowest BCUT2D eigenvalue weighted by atomic mass is 10.1. The van der Waals surface area contributed by atoms with Gasteiger partial charge in [0, 0.05) is 14.5 Å². The minimum atomic E-state index is -0.441. The topological polar surface area (TPSA) is 49.7 Å². The predicted molar refractivity (Wildman–Crippen MR) is 92.4 cm³/mol. The van der Waals surface area contributed by atoms with Crippen LogP contribution in [0.1, 0.15) is 27.0 Å². The minimum Gasteiger partial charge on any atom is -0.411 e. The van der Waals surface area contributed by atoms with Gasteiger partial charge in [-0.1, -0.05) is 37.0 Å². The van der Waals surface area contributed by atoms with Crippen molar-refractivity contribution in [2.24, 2.45) is 5.16 Å². The number of rotatable bonds is 2. The Balaban J connectivity index is 0.000000231. The van der Waals surface area contributed by atoms with Crippen LogP contribution in [-0.2, 0) is 0 Å². The van der Waals surface area contributed by atoms with Crippen molar-refractivity contribution in [3.63, 3.8) is 0 Å². The molecule has 0 spiro atoms. The van der Waals surface area contributed by atoms with Crippen LogP contribution < -0.4 is 0 Å². The van der Waals surface area contributed by atoms with Gasteiger partial charge < -0.3 is 5.21 Å². The smallest absolute Gasteiger partial charge is 0.153 e. The molecule has 0 saturated heterocycles. The molecule has 0 atom stereocenters. The Morgan fingerprint density at radius 1 is 0.957 bits per heavy atom. The molecule has 0 aliphatic heterocycles. The standard InChI is InChI=1S/C8H7BrFNO.C8H6BrFO/c1-5-2-7(9)3-6(4-11-12)8(5)10;1-5-2-7(9)3-6(4-11)8(5)10/h2-4,12H,1H3;2-4H,1H3/b11-4+;. The van der Waals surface area contributed by atoms with Crippen molar-refractivity contribution in [1.29, 1.82) is 0 Å². The Morgan fingerprint density at radius 2 is 1.39 bits per heavy atom. The third-order valence-electron chi connectivity index (χ3n) is 2.82. The summed E-state index contributed by atoms with van der Waals surface area (Å²) in [5.41, 5.74) is 1.35. The summed E-state index contributed by atoms with van der Waals surface area (Å²) in [6.45, 7) is 3.27. The molecule has 2 aromatic carbocycles. The summed E-state index contributed by atoms with van der Waals surface area (Å²) in [4.78, 5) is 10.3. The van der Waals surface area contributed by atoms with Crippen molar-refractivity contribution in [1.82, 2.24) is 0 Å². The lowest BCUT2D eigenvalue weighted by Gasteiger charge is -2.00. The third-order valence-corrected chi connectivity index (χ3v) is 3.73. The molecule has 0 saturated carbocycles. The molecule has 0 heterocycles. The highest BCUT2D eigenvalue weighted by Crippen LogP contribution is 2.19. The van der Waals surface area contributed by atoms with E-state index >= 15 is 0 Å². The summed E-state index contributed by atoms with van der Waals surface area (Å²) in [7, 11) is 0. The highest BCUT2D eigenvalue weighted by atomic mass is 79.9. The zero-order chi connectivity index (χ0) is 17.6. The fourth-order valence-electron chi connectivity index (χ4n) is 1.74. The average molecular weight is 449 g/mol. The molecule has 0 aliphatic rings. The first-order valence-corrected chi connectivity index (χ1v) is 7.92. The normalized spacial score (nSPS) is 10.3. The van der Waals surface area contributed by atoms with E-state index in [0.29, 0.717) is 17.4 Å². The second-order valence-electron chi connectivity index (χ2n) is 4.61. The molecule has 0 aliphatic carbocycles. The molecular formula is C16H13Br2F2NO2. The molecular weight excluding hydrogens is 436 g/mol. The number of aryl methyl sites for hydroxylation is 2. The molecule has 0 fully saturated rings. The van der Waals surface area contributed by atoms with Gasteiger partial charge in [0.15, 0.2) is 6.29 Å². The molecule has 0 amide bonds. The second-order valence-corrected chi connectivity index (χ2v) is 6.45. The van der Waals surface area contributed by atoms with Gasteiger partial charge >= 0.3 is 0 Å². The van der Waals surface area contributed by atoms with Gasteiger partial charge in [0.2, 0.25) is 0 Å².